The molecule has 1 N–H and O–H groups in total. The smallest absolute Gasteiger partial charge is 0.308 e. The summed E-state index contributed by atoms with van der Waals surface area (Å²) in [5.74, 6) is -0.162. The maximum atomic E-state index is 14.1. The van der Waals surface area contributed by atoms with E-state index in [-0.39, 0.29) is 17.8 Å². The summed E-state index contributed by atoms with van der Waals surface area (Å²) in [6.45, 7) is 17.0. The lowest BCUT2D eigenvalue weighted by atomic mass is 9.87. The molecule has 2 aromatic rings. The van der Waals surface area contributed by atoms with Gasteiger partial charge in [-0.25, -0.2) is 0 Å². The molecule has 0 spiro atoms. The Hall–Kier alpha value is -3.39. The number of amides is 2. The summed E-state index contributed by atoms with van der Waals surface area (Å²) in [7, 11) is 2.13. The Labute approximate surface area is 232 Å². The average Bonchev–Trinajstić information content (AvgIpc) is 2.87. The van der Waals surface area contributed by atoms with Gasteiger partial charge in [-0.15, -0.1) is 0 Å². The quantitative estimate of drug-likeness (QED) is 0.463. The number of esters is 1. The van der Waals surface area contributed by atoms with Crippen LogP contribution in [0.1, 0.15) is 61.6 Å². The fraction of sp³-hybridized carbons (Fsp3) is 0.516. The zero-order valence-corrected chi connectivity index (χ0v) is 24.6. The van der Waals surface area contributed by atoms with Crippen LogP contribution in [-0.4, -0.2) is 67.4 Å². The van der Waals surface area contributed by atoms with Gasteiger partial charge in [0.25, 0.3) is 5.91 Å². The monoisotopic (exact) mass is 534 g/mol. The third-order valence-electron chi connectivity index (χ3n) is 7.91. The number of nitrogens with one attached hydrogen (secondary N) is 1. The van der Waals surface area contributed by atoms with E-state index in [0.717, 1.165) is 59.7 Å². The average molecular weight is 535 g/mol. The normalized spacial score (nSPS) is 18.0. The fourth-order valence-electron chi connectivity index (χ4n) is 5.49. The van der Waals surface area contributed by atoms with Crippen molar-refractivity contribution in [3.63, 3.8) is 0 Å². The number of aryl methyl sites for hydroxylation is 1. The molecule has 2 aromatic carbocycles. The zero-order valence-electron chi connectivity index (χ0n) is 24.6. The van der Waals surface area contributed by atoms with Gasteiger partial charge in [0.2, 0.25) is 5.91 Å². The molecule has 1 saturated heterocycles. The molecule has 1 atom stereocenters. The number of anilines is 2. The number of carbonyl (C=O) groups excluding carboxylic acids is 3. The first-order chi connectivity index (χ1) is 18.3. The van der Waals surface area contributed by atoms with Crippen molar-refractivity contribution < 1.29 is 19.1 Å². The van der Waals surface area contributed by atoms with E-state index in [1.54, 1.807) is 4.90 Å². The molecule has 2 heterocycles. The highest BCUT2D eigenvalue weighted by atomic mass is 16.5. The number of likely N-dealkylation sites (N-methyl/N-ethyl adjacent to an activating group) is 1. The summed E-state index contributed by atoms with van der Waals surface area (Å²) >= 11 is 0. The van der Waals surface area contributed by atoms with E-state index in [1.165, 1.54) is 6.92 Å². The summed E-state index contributed by atoms with van der Waals surface area (Å²) in [5, 5.41) is 3.13. The van der Waals surface area contributed by atoms with Crippen LogP contribution < -0.4 is 15.0 Å². The van der Waals surface area contributed by atoms with Crippen LogP contribution in [0.5, 0.6) is 5.75 Å². The highest BCUT2D eigenvalue weighted by molar-refractivity contribution is 6.00. The third kappa shape index (κ3) is 5.96. The van der Waals surface area contributed by atoms with Crippen molar-refractivity contribution in [1.82, 2.24) is 9.80 Å². The predicted molar refractivity (Wildman–Crippen MR) is 154 cm³/mol. The van der Waals surface area contributed by atoms with Gasteiger partial charge in [-0.1, -0.05) is 26.8 Å². The van der Waals surface area contributed by atoms with Crippen LogP contribution in [0.25, 0.3) is 0 Å². The molecule has 0 aromatic heterocycles. The number of fused-ring (bicyclic) bond motifs is 1. The molecule has 8 nitrogen and oxygen atoms in total. The molecule has 1 unspecified atom stereocenters. The second-order valence-electron chi connectivity index (χ2n) is 12.0. The lowest BCUT2D eigenvalue weighted by Gasteiger charge is -2.40. The lowest BCUT2D eigenvalue weighted by Crippen LogP contribution is -2.49. The molecule has 1 fully saturated rings. The molecule has 210 valence electrons. The summed E-state index contributed by atoms with van der Waals surface area (Å²) < 4.78 is 5.43. The molecular formula is C31H42N4O4. The minimum absolute atomic E-state index is 0.0485. The highest BCUT2D eigenvalue weighted by Gasteiger charge is 2.40. The lowest BCUT2D eigenvalue weighted by molar-refractivity contribution is -0.146. The molecule has 2 amide bonds. The molecule has 2 aliphatic heterocycles. The molecule has 0 saturated carbocycles. The minimum Gasteiger partial charge on any atom is -0.426 e. The number of piperazine rings is 1. The van der Waals surface area contributed by atoms with E-state index >= 15 is 0 Å². The van der Waals surface area contributed by atoms with E-state index in [1.807, 2.05) is 47.6 Å². The Morgan fingerprint density at radius 2 is 1.62 bits per heavy atom. The molecule has 0 radical (unpaired) electrons. The van der Waals surface area contributed by atoms with Crippen molar-refractivity contribution in [1.29, 1.82) is 0 Å². The van der Waals surface area contributed by atoms with Gasteiger partial charge in [-0.05, 0) is 80.3 Å². The van der Waals surface area contributed by atoms with E-state index in [4.69, 9.17) is 4.74 Å². The molecule has 8 heteroatoms. The first-order valence-corrected chi connectivity index (χ1v) is 13.8. The Bertz CT molecular complexity index is 1290. The Balaban J connectivity index is 1.73. The van der Waals surface area contributed by atoms with Crippen LogP contribution in [0.15, 0.2) is 24.3 Å². The van der Waals surface area contributed by atoms with E-state index in [9.17, 15) is 14.4 Å². The first kappa shape index (κ1) is 28.6. The van der Waals surface area contributed by atoms with Crippen LogP contribution >= 0.6 is 0 Å². The van der Waals surface area contributed by atoms with Crippen molar-refractivity contribution in [2.75, 3.05) is 50.0 Å². The summed E-state index contributed by atoms with van der Waals surface area (Å²) in [6.07, 6.45) is 0.707. The van der Waals surface area contributed by atoms with Gasteiger partial charge in [-0.3, -0.25) is 14.4 Å². The minimum atomic E-state index is -0.749. The molecule has 4 rings (SSSR count). The van der Waals surface area contributed by atoms with Crippen LogP contribution in [0, 0.1) is 26.2 Å². The van der Waals surface area contributed by atoms with E-state index in [0.29, 0.717) is 24.4 Å². The Morgan fingerprint density at radius 3 is 2.23 bits per heavy atom. The molecule has 2 aliphatic rings. The summed E-state index contributed by atoms with van der Waals surface area (Å²) in [6, 6.07) is 7.46. The maximum absolute atomic E-state index is 14.1. The van der Waals surface area contributed by atoms with Gasteiger partial charge in [0.15, 0.2) is 0 Å². The van der Waals surface area contributed by atoms with Crippen LogP contribution in [-0.2, 0) is 20.8 Å². The van der Waals surface area contributed by atoms with Crippen molar-refractivity contribution in [2.24, 2.45) is 5.41 Å². The van der Waals surface area contributed by atoms with E-state index < -0.39 is 11.5 Å². The van der Waals surface area contributed by atoms with Crippen molar-refractivity contribution in [2.45, 2.75) is 60.9 Å². The number of benzene rings is 2. The number of hydrogen-bond acceptors (Lipinski definition) is 6. The predicted octanol–water partition coefficient (Wildman–Crippen LogP) is 4.40. The SMILES string of the molecule is CC(=O)Oc1c(C)cc(NC(=O)C2c3cc(N4CCN(C)CC4)ccc3CCN2C(=O)C(C)(C)C)c(C)c1C. The molecule has 39 heavy (non-hydrogen) atoms. The number of ether oxygens (including phenoxy) is 1. The first-order valence-electron chi connectivity index (χ1n) is 13.8. The van der Waals surface area contributed by atoms with Gasteiger partial charge in [-0.2, -0.15) is 0 Å². The topological polar surface area (TPSA) is 82.2 Å². The fourth-order valence-corrected chi connectivity index (χ4v) is 5.49. The Kier molecular flexibility index (Phi) is 8.07. The van der Waals surface area contributed by atoms with Gasteiger partial charge >= 0.3 is 5.97 Å². The van der Waals surface area contributed by atoms with Gasteiger partial charge in [0.1, 0.15) is 11.8 Å². The van der Waals surface area contributed by atoms with Crippen LogP contribution in [0.3, 0.4) is 0 Å². The van der Waals surface area contributed by atoms with Gasteiger partial charge in [0.05, 0.1) is 0 Å². The maximum Gasteiger partial charge on any atom is 0.308 e. The highest BCUT2D eigenvalue weighted by Crippen LogP contribution is 2.38. The van der Waals surface area contributed by atoms with Crippen LogP contribution in [0.4, 0.5) is 11.4 Å². The molecular weight excluding hydrogens is 492 g/mol. The molecule has 0 aliphatic carbocycles. The van der Waals surface area contributed by atoms with Crippen LogP contribution in [0.2, 0.25) is 0 Å². The number of nitrogens with zero attached hydrogens (tertiary/aromatic N) is 3. The number of rotatable bonds is 4. The Morgan fingerprint density at radius 1 is 0.949 bits per heavy atom. The zero-order chi connectivity index (χ0) is 28.6. The van der Waals surface area contributed by atoms with Crippen molar-refractivity contribution in [3.05, 3.63) is 52.1 Å². The van der Waals surface area contributed by atoms with Crippen molar-refractivity contribution >= 4 is 29.2 Å². The summed E-state index contributed by atoms with van der Waals surface area (Å²) in [5.41, 5.74) is 5.46. The van der Waals surface area contributed by atoms with E-state index in [2.05, 4.69) is 40.4 Å². The number of carbonyl (C=O) groups is 3. The largest absolute Gasteiger partial charge is 0.426 e. The summed E-state index contributed by atoms with van der Waals surface area (Å²) in [4.78, 5) is 45.8. The molecule has 0 bridgehead atoms. The standard InChI is InChI=1S/C31H42N4O4/c1-19-17-26(20(2)21(3)28(19)39-22(4)36)32-29(37)27-25-18-24(34-15-13-33(8)14-16-34)10-9-23(25)11-12-35(27)30(38)31(5,6)7/h9-10,17-18,27H,11-16H2,1-8H3,(H,32,37). The van der Waals surface area contributed by atoms with Crippen molar-refractivity contribution in [3.8, 4) is 5.75 Å². The second kappa shape index (κ2) is 11.0. The van der Waals surface area contributed by atoms with Gasteiger partial charge in [0, 0.05) is 56.4 Å². The second-order valence-corrected chi connectivity index (χ2v) is 12.0. The third-order valence-corrected chi connectivity index (χ3v) is 7.91. The van der Waals surface area contributed by atoms with Gasteiger partial charge < -0.3 is 24.8 Å². The number of hydrogen-bond donors (Lipinski definition) is 1.